The van der Waals surface area contributed by atoms with E-state index >= 15 is 0 Å². The van der Waals surface area contributed by atoms with Crippen LogP contribution in [0, 0.1) is 11.8 Å². The summed E-state index contributed by atoms with van der Waals surface area (Å²) >= 11 is 0. The standard InChI is InChI=1S/C31H36N4O4Si.C11H14N2O2/c1-31(2,3)40(4,5)39-23-10-11-27(35-29(37)24-8-6-7-9-25(24)30(35)38)26(20-23)33-28(36)21-14-18-34(19-15-21)22-12-16-32-17-13-22;14-11(15)9-3-7-13(8-4-9)10-1-5-12-6-2-10/h6-13,16-17,20-21H,14-15,18-19H2,1-5H3,(H,33,36);1-2,5-6,9H,3-4,7-8H2,(H,14,15). The molecule has 5 heterocycles. The van der Waals surface area contributed by atoms with E-state index in [1.807, 2.05) is 24.3 Å². The van der Waals surface area contributed by atoms with Gasteiger partial charge in [0.05, 0.1) is 28.4 Å². The molecule has 2 N–H and O–H groups in total. The maximum atomic E-state index is 13.6. The zero-order chi connectivity index (χ0) is 39.3. The van der Waals surface area contributed by atoms with Crippen LogP contribution in [0.1, 0.15) is 67.2 Å². The van der Waals surface area contributed by atoms with Crippen molar-refractivity contribution in [3.8, 4) is 5.75 Å². The number of aliphatic carboxylic acids is 1. The van der Waals surface area contributed by atoms with E-state index in [4.69, 9.17) is 9.53 Å². The monoisotopic (exact) mass is 762 g/mol. The molecule has 55 heavy (non-hydrogen) atoms. The van der Waals surface area contributed by atoms with Crippen LogP contribution in [0.5, 0.6) is 5.75 Å². The van der Waals surface area contributed by atoms with Crippen molar-refractivity contribution in [2.45, 2.75) is 64.6 Å². The second-order valence-corrected chi connectivity index (χ2v) is 20.5. The highest BCUT2D eigenvalue weighted by atomic mass is 28.4. The van der Waals surface area contributed by atoms with E-state index in [2.05, 4.69) is 58.9 Å². The van der Waals surface area contributed by atoms with Crippen molar-refractivity contribution in [2.24, 2.45) is 11.8 Å². The van der Waals surface area contributed by atoms with Gasteiger partial charge >= 0.3 is 5.97 Å². The van der Waals surface area contributed by atoms with Gasteiger partial charge in [0.25, 0.3) is 11.8 Å². The van der Waals surface area contributed by atoms with Gasteiger partial charge in [-0.2, -0.15) is 0 Å². The highest BCUT2D eigenvalue weighted by Crippen LogP contribution is 2.41. The van der Waals surface area contributed by atoms with Crippen molar-refractivity contribution in [3.63, 3.8) is 0 Å². The molecule has 2 aromatic carbocycles. The molecule has 4 aromatic rings. The second-order valence-electron chi connectivity index (χ2n) is 15.8. The molecule has 0 aliphatic carbocycles. The number of anilines is 4. The van der Waals surface area contributed by atoms with E-state index in [1.54, 1.807) is 67.3 Å². The second kappa shape index (κ2) is 16.4. The Kier molecular flexibility index (Phi) is 11.7. The molecule has 2 saturated heterocycles. The van der Waals surface area contributed by atoms with E-state index in [-0.39, 0.29) is 22.8 Å². The maximum absolute atomic E-state index is 13.6. The number of fused-ring (bicyclic) bond motifs is 1. The first-order valence-corrected chi connectivity index (χ1v) is 21.8. The summed E-state index contributed by atoms with van der Waals surface area (Å²) in [5.74, 6) is -1.35. The first kappa shape index (κ1) is 39.1. The lowest BCUT2D eigenvalue weighted by molar-refractivity contribution is -0.142. The molecule has 0 bridgehead atoms. The third-order valence-electron chi connectivity index (χ3n) is 11.2. The Morgan fingerprint density at radius 3 is 1.67 bits per heavy atom. The average Bonchev–Trinajstić information content (AvgIpc) is 3.44. The van der Waals surface area contributed by atoms with Crippen LogP contribution in [-0.2, 0) is 9.59 Å². The number of piperidine rings is 2. The number of carboxylic acid groups (broad SMARTS) is 1. The average molecular weight is 763 g/mol. The lowest BCUT2D eigenvalue weighted by atomic mass is 9.95. The number of nitrogens with one attached hydrogen (secondary N) is 1. The van der Waals surface area contributed by atoms with Crippen LogP contribution in [0.2, 0.25) is 18.1 Å². The first-order valence-electron chi connectivity index (χ1n) is 18.9. The number of carboxylic acids is 1. The van der Waals surface area contributed by atoms with Crippen molar-refractivity contribution in [2.75, 3.05) is 46.2 Å². The van der Waals surface area contributed by atoms with Gasteiger partial charge in [-0.15, -0.1) is 0 Å². The first-order chi connectivity index (χ1) is 26.2. The van der Waals surface area contributed by atoms with Crippen LogP contribution in [-0.4, -0.2) is 73.3 Å². The SMILES string of the molecule is CC(C)(C)[Si](C)(C)Oc1ccc(N2C(=O)c3ccccc3C2=O)c(NC(=O)C2CCN(c3ccncc3)CC2)c1.O=C(O)C1CCN(c2ccncc2)CC1. The Bertz CT molecular complexity index is 1970. The summed E-state index contributed by atoms with van der Waals surface area (Å²) in [6, 6.07) is 19.9. The third kappa shape index (κ3) is 8.88. The molecular weight excluding hydrogens is 713 g/mol. The van der Waals surface area contributed by atoms with Gasteiger partial charge in [0.15, 0.2) is 0 Å². The van der Waals surface area contributed by atoms with E-state index < -0.39 is 26.1 Å². The Hall–Kier alpha value is -5.56. The summed E-state index contributed by atoms with van der Waals surface area (Å²) in [5.41, 5.74) is 3.68. The normalized spacial score (nSPS) is 16.6. The molecule has 3 amide bonds. The quantitative estimate of drug-likeness (QED) is 0.137. The lowest BCUT2D eigenvalue weighted by Crippen LogP contribution is -2.43. The largest absolute Gasteiger partial charge is 0.543 e. The molecule has 0 unspecified atom stereocenters. The van der Waals surface area contributed by atoms with Crippen molar-refractivity contribution in [3.05, 3.63) is 103 Å². The number of benzene rings is 2. The van der Waals surface area contributed by atoms with Crippen LogP contribution < -0.4 is 24.4 Å². The molecule has 13 heteroatoms. The molecule has 3 aliphatic heterocycles. The van der Waals surface area contributed by atoms with Crippen LogP contribution in [0.4, 0.5) is 22.7 Å². The molecule has 3 aliphatic rings. The van der Waals surface area contributed by atoms with Crippen LogP contribution in [0.25, 0.3) is 0 Å². The number of rotatable bonds is 8. The van der Waals surface area contributed by atoms with Crippen molar-refractivity contribution in [1.29, 1.82) is 0 Å². The van der Waals surface area contributed by atoms with Crippen molar-refractivity contribution >= 4 is 54.8 Å². The molecule has 12 nitrogen and oxygen atoms in total. The van der Waals surface area contributed by atoms with Crippen LogP contribution >= 0.6 is 0 Å². The number of pyridine rings is 2. The summed E-state index contributed by atoms with van der Waals surface area (Å²) in [5, 5.41) is 11.9. The van der Waals surface area contributed by atoms with Gasteiger partial charge in [-0.05, 0) is 92.3 Å². The number of nitrogens with zero attached hydrogens (tertiary/aromatic N) is 5. The number of aromatic nitrogens is 2. The summed E-state index contributed by atoms with van der Waals surface area (Å²) in [7, 11) is -2.18. The molecule has 2 fully saturated rings. The van der Waals surface area contributed by atoms with E-state index in [1.165, 1.54) is 0 Å². The van der Waals surface area contributed by atoms with Crippen molar-refractivity contribution in [1.82, 2.24) is 9.97 Å². The highest BCUT2D eigenvalue weighted by molar-refractivity contribution is 6.74. The lowest BCUT2D eigenvalue weighted by Gasteiger charge is -2.36. The molecule has 2 aromatic heterocycles. The molecule has 0 spiro atoms. The number of hydrogen-bond acceptors (Lipinski definition) is 9. The van der Waals surface area contributed by atoms with E-state index in [0.29, 0.717) is 41.1 Å². The molecule has 0 radical (unpaired) electrons. The van der Waals surface area contributed by atoms with E-state index in [0.717, 1.165) is 55.3 Å². The van der Waals surface area contributed by atoms with Gasteiger partial charge in [0.2, 0.25) is 14.2 Å². The fourth-order valence-corrected chi connectivity index (χ4v) is 7.88. The fourth-order valence-electron chi connectivity index (χ4n) is 6.86. The van der Waals surface area contributed by atoms with Crippen LogP contribution in [0.15, 0.2) is 91.5 Å². The van der Waals surface area contributed by atoms with Crippen LogP contribution in [0.3, 0.4) is 0 Å². The minimum atomic E-state index is -2.18. The number of imide groups is 1. The molecule has 0 saturated carbocycles. The van der Waals surface area contributed by atoms with Gasteiger partial charge in [-0.25, -0.2) is 4.90 Å². The minimum Gasteiger partial charge on any atom is -0.543 e. The highest BCUT2D eigenvalue weighted by Gasteiger charge is 2.41. The summed E-state index contributed by atoms with van der Waals surface area (Å²) in [6.45, 7) is 13.9. The third-order valence-corrected chi connectivity index (χ3v) is 15.6. The topological polar surface area (TPSA) is 145 Å². The zero-order valence-corrected chi connectivity index (χ0v) is 33.2. The number of carbonyl (C=O) groups excluding carboxylic acids is 3. The Balaban J connectivity index is 0.000000286. The predicted molar refractivity (Wildman–Crippen MR) is 216 cm³/mol. The van der Waals surface area contributed by atoms with Gasteiger partial charge < -0.3 is 24.6 Å². The van der Waals surface area contributed by atoms with Gasteiger partial charge in [0, 0.05) is 74.3 Å². The summed E-state index contributed by atoms with van der Waals surface area (Å²) in [6.07, 6.45) is 9.92. The minimum absolute atomic E-state index is 0.0274. The fraction of sp³-hybridized carbons (Fsp3) is 0.381. The van der Waals surface area contributed by atoms with Crippen molar-refractivity contribution < 1.29 is 28.7 Å². The predicted octanol–water partition coefficient (Wildman–Crippen LogP) is 7.50. The Morgan fingerprint density at radius 1 is 0.745 bits per heavy atom. The molecule has 288 valence electrons. The zero-order valence-electron chi connectivity index (χ0n) is 32.2. The molecular formula is C42H50N6O6Si. The van der Waals surface area contributed by atoms with E-state index in [9.17, 15) is 19.2 Å². The Labute approximate surface area is 323 Å². The number of amides is 3. The van der Waals surface area contributed by atoms with Gasteiger partial charge in [-0.1, -0.05) is 32.9 Å². The van der Waals surface area contributed by atoms with Gasteiger partial charge in [0.1, 0.15) is 5.75 Å². The number of carbonyl (C=O) groups is 4. The smallest absolute Gasteiger partial charge is 0.306 e. The Morgan fingerprint density at radius 2 is 1.22 bits per heavy atom. The molecule has 7 rings (SSSR count). The molecule has 0 atom stereocenters. The maximum Gasteiger partial charge on any atom is 0.306 e. The summed E-state index contributed by atoms with van der Waals surface area (Å²) < 4.78 is 6.52. The number of hydrogen-bond donors (Lipinski definition) is 2. The summed E-state index contributed by atoms with van der Waals surface area (Å²) in [4.78, 5) is 64.6. The van der Waals surface area contributed by atoms with Gasteiger partial charge in [-0.3, -0.25) is 29.1 Å².